The van der Waals surface area contributed by atoms with Gasteiger partial charge in [-0.3, -0.25) is 4.98 Å². The van der Waals surface area contributed by atoms with Crippen molar-refractivity contribution in [3.05, 3.63) is 59.3 Å². The summed E-state index contributed by atoms with van der Waals surface area (Å²) in [6.07, 6.45) is 6.71. The Bertz CT molecular complexity index is 866. The lowest BCUT2D eigenvalue weighted by Crippen LogP contribution is -2.05. The van der Waals surface area contributed by atoms with E-state index in [4.69, 9.17) is 17.0 Å². The zero-order valence-electron chi connectivity index (χ0n) is 12.4. The number of ether oxygens (including phenoxy) is 1. The third kappa shape index (κ3) is 3.19. The minimum absolute atomic E-state index is 0.301. The number of hydrogen-bond acceptors (Lipinski definition) is 5. The van der Waals surface area contributed by atoms with Crippen LogP contribution in [0.5, 0.6) is 0 Å². The molecule has 0 bridgehead atoms. The van der Waals surface area contributed by atoms with E-state index in [2.05, 4.69) is 15.1 Å². The number of esters is 1. The normalized spacial score (nSPS) is 10.5. The molecular formula is C16H14N4O2S. The van der Waals surface area contributed by atoms with E-state index in [0.717, 1.165) is 11.3 Å². The number of nitrogens with zero attached hydrogens (tertiary/aromatic N) is 3. The fourth-order valence-corrected chi connectivity index (χ4v) is 2.25. The van der Waals surface area contributed by atoms with Gasteiger partial charge in [0.15, 0.2) is 0 Å². The van der Waals surface area contributed by atoms with E-state index in [1.165, 1.54) is 0 Å². The van der Waals surface area contributed by atoms with Crippen LogP contribution in [0.15, 0.2) is 49.1 Å². The van der Waals surface area contributed by atoms with E-state index in [9.17, 15) is 4.79 Å². The SMILES string of the molecule is CCOC(=O)c1cn(-c2ccc(=S)[nH]c2)nc1-c1cccnc1. The van der Waals surface area contributed by atoms with Gasteiger partial charge in [0.1, 0.15) is 15.9 Å². The van der Waals surface area contributed by atoms with Crippen molar-refractivity contribution in [1.82, 2.24) is 19.7 Å². The Labute approximate surface area is 137 Å². The minimum Gasteiger partial charge on any atom is -0.462 e. The first-order valence-corrected chi connectivity index (χ1v) is 7.46. The van der Waals surface area contributed by atoms with Crippen LogP contribution >= 0.6 is 12.2 Å². The number of carbonyl (C=O) groups is 1. The Hall–Kier alpha value is -2.80. The molecule has 0 aliphatic rings. The highest BCUT2D eigenvalue weighted by Crippen LogP contribution is 2.23. The van der Waals surface area contributed by atoms with E-state index in [1.54, 1.807) is 48.5 Å². The molecule has 0 saturated carbocycles. The van der Waals surface area contributed by atoms with Crippen molar-refractivity contribution < 1.29 is 9.53 Å². The standard InChI is InChI=1S/C16H14N4O2S/c1-2-22-16(21)13-10-20(12-5-6-14(23)18-9-12)19-15(13)11-4-3-7-17-8-11/h3-10H,2H2,1H3,(H,18,23). The Morgan fingerprint density at radius 1 is 1.39 bits per heavy atom. The molecule has 0 atom stereocenters. The average molecular weight is 326 g/mol. The van der Waals surface area contributed by atoms with Crippen molar-refractivity contribution in [2.45, 2.75) is 6.92 Å². The molecule has 3 aromatic rings. The van der Waals surface area contributed by atoms with Gasteiger partial charge in [0, 0.05) is 30.4 Å². The molecule has 0 amide bonds. The van der Waals surface area contributed by atoms with Crippen LogP contribution < -0.4 is 0 Å². The number of H-pyrrole nitrogens is 1. The van der Waals surface area contributed by atoms with Crippen molar-refractivity contribution >= 4 is 18.2 Å². The van der Waals surface area contributed by atoms with Gasteiger partial charge in [-0.15, -0.1) is 0 Å². The molecule has 1 N–H and O–H groups in total. The van der Waals surface area contributed by atoms with Gasteiger partial charge in [0.05, 0.1) is 12.3 Å². The maximum atomic E-state index is 12.2. The molecule has 0 aromatic carbocycles. The fourth-order valence-electron chi connectivity index (χ4n) is 2.13. The number of aromatic amines is 1. The first-order chi connectivity index (χ1) is 11.2. The summed E-state index contributed by atoms with van der Waals surface area (Å²) in [4.78, 5) is 19.2. The van der Waals surface area contributed by atoms with Gasteiger partial charge in [-0.05, 0) is 31.2 Å². The predicted octanol–water partition coefficient (Wildman–Crippen LogP) is 3.17. The van der Waals surface area contributed by atoms with Crippen LogP contribution in [0.3, 0.4) is 0 Å². The summed E-state index contributed by atoms with van der Waals surface area (Å²) in [6.45, 7) is 2.07. The molecule has 23 heavy (non-hydrogen) atoms. The first-order valence-electron chi connectivity index (χ1n) is 7.05. The largest absolute Gasteiger partial charge is 0.462 e. The molecule has 3 aromatic heterocycles. The predicted molar refractivity (Wildman–Crippen MR) is 87.9 cm³/mol. The number of rotatable bonds is 4. The lowest BCUT2D eigenvalue weighted by atomic mass is 10.1. The second kappa shape index (κ2) is 6.53. The van der Waals surface area contributed by atoms with E-state index in [0.29, 0.717) is 22.5 Å². The van der Waals surface area contributed by atoms with Crippen molar-refractivity contribution in [2.24, 2.45) is 0 Å². The zero-order valence-corrected chi connectivity index (χ0v) is 13.2. The van der Waals surface area contributed by atoms with Gasteiger partial charge in [0.2, 0.25) is 0 Å². The summed E-state index contributed by atoms with van der Waals surface area (Å²) in [6, 6.07) is 7.23. The summed E-state index contributed by atoms with van der Waals surface area (Å²) in [5.74, 6) is -0.415. The van der Waals surface area contributed by atoms with Gasteiger partial charge < -0.3 is 9.72 Å². The summed E-state index contributed by atoms with van der Waals surface area (Å²) < 4.78 is 7.36. The van der Waals surface area contributed by atoms with Crippen LogP contribution in [-0.4, -0.2) is 32.3 Å². The summed E-state index contributed by atoms with van der Waals surface area (Å²) >= 11 is 5.04. The number of hydrogen-bond donors (Lipinski definition) is 1. The molecule has 0 radical (unpaired) electrons. The summed E-state index contributed by atoms with van der Waals surface area (Å²) in [5.41, 5.74) is 2.43. The third-order valence-electron chi connectivity index (χ3n) is 3.18. The monoisotopic (exact) mass is 326 g/mol. The molecule has 0 spiro atoms. The maximum Gasteiger partial charge on any atom is 0.342 e. The molecule has 3 rings (SSSR count). The molecule has 0 unspecified atom stereocenters. The van der Waals surface area contributed by atoms with E-state index < -0.39 is 5.97 Å². The Balaban J connectivity index is 2.11. The molecule has 6 nitrogen and oxygen atoms in total. The molecule has 0 fully saturated rings. The Morgan fingerprint density at radius 3 is 2.91 bits per heavy atom. The molecule has 116 valence electrons. The van der Waals surface area contributed by atoms with Crippen LogP contribution in [0.4, 0.5) is 0 Å². The van der Waals surface area contributed by atoms with Gasteiger partial charge >= 0.3 is 5.97 Å². The first kappa shape index (κ1) is 15.1. The molecule has 7 heteroatoms. The van der Waals surface area contributed by atoms with Crippen LogP contribution in [0.25, 0.3) is 16.9 Å². The number of nitrogens with one attached hydrogen (secondary N) is 1. The second-order valence-corrected chi connectivity index (χ2v) is 5.15. The highest BCUT2D eigenvalue weighted by molar-refractivity contribution is 7.71. The Morgan fingerprint density at radius 2 is 2.26 bits per heavy atom. The van der Waals surface area contributed by atoms with Gasteiger partial charge in [-0.25, -0.2) is 9.48 Å². The van der Waals surface area contributed by atoms with Crippen LogP contribution in [-0.2, 0) is 4.74 Å². The number of carbonyl (C=O) groups excluding carboxylic acids is 1. The maximum absolute atomic E-state index is 12.2. The van der Waals surface area contributed by atoms with Gasteiger partial charge in [-0.2, -0.15) is 5.10 Å². The van der Waals surface area contributed by atoms with Crippen molar-refractivity contribution in [1.29, 1.82) is 0 Å². The lowest BCUT2D eigenvalue weighted by Gasteiger charge is -2.01. The average Bonchev–Trinajstić information content (AvgIpc) is 3.02. The fraction of sp³-hybridized carbons (Fsp3) is 0.125. The van der Waals surface area contributed by atoms with Gasteiger partial charge in [-0.1, -0.05) is 12.2 Å². The zero-order chi connectivity index (χ0) is 16.2. The van der Waals surface area contributed by atoms with Crippen molar-refractivity contribution in [3.63, 3.8) is 0 Å². The third-order valence-corrected chi connectivity index (χ3v) is 3.43. The summed E-state index contributed by atoms with van der Waals surface area (Å²) in [7, 11) is 0. The molecule has 0 saturated heterocycles. The molecule has 3 heterocycles. The Kier molecular flexibility index (Phi) is 4.29. The summed E-state index contributed by atoms with van der Waals surface area (Å²) in [5, 5.41) is 4.51. The lowest BCUT2D eigenvalue weighted by molar-refractivity contribution is 0.0527. The van der Waals surface area contributed by atoms with E-state index in [1.807, 2.05) is 12.1 Å². The number of pyridine rings is 2. The highest BCUT2D eigenvalue weighted by atomic mass is 32.1. The van der Waals surface area contributed by atoms with Gasteiger partial charge in [0.25, 0.3) is 0 Å². The molecule has 0 aliphatic heterocycles. The van der Waals surface area contributed by atoms with Crippen molar-refractivity contribution in [3.8, 4) is 16.9 Å². The van der Waals surface area contributed by atoms with Crippen LogP contribution in [0, 0.1) is 4.64 Å². The smallest absolute Gasteiger partial charge is 0.342 e. The van der Waals surface area contributed by atoms with Crippen LogP contribution in [0.1, 0.15) is 17.3 Å². The topological polar surface area (TPSA) is 72.8 Å². The van der Waals surface area contributed by atoms with Crippen molar-refractivity contribution in [2.75, 3.05) is 6.61 Å². The van der Waals surface area contributed by atoms with E-state index in [-0.39, 0.29) is 0 Å². The highest BCUT2D eigenvalue weighted by Gasteiger charge is 2.19. The molecular weight excluding hydrogens is 312 g/mol. The van der Waals surface area contributed by atoms with Crippen LogP contribution in [0.2, 0.25) is 0 Å². The van der Waals surface area contributed by atoms with E-state index >= 15 is 0 Å². The quantitative estimate of drug-likeness (QED) is 0.589. The molecule has 0 aliphatic carbocycles. The number of aromatic nitrogens is 4. The minimum atomic E-state index is -0.415. The second-order valence-electron chi connectivity index (χ2n) is 4.71.